The van der Waals surface area contributed by atoms with Gasteiger partial charge >= 0.3 is 0 Å². The number of nitrogens with zero attached hydrogens (tertiary/aromatic N) is 2. The van der Waals surface area contributed by atoms with Gasteiger partial charge in [0.05, 0.1) is 22.5 Å². The number of rotatable bonds is 2. The van der Waals surface area contributed by atoms with E-state index in [1.54, 1.807) is 0 Å². The van der Waals surface area contributed by atoms with Gasteiger partial charge in [-0.3, -0.25) is 0 Å². The second-order valence-corrected chi connectivity index (χ2v) is 5.01. The van der Waals surface area contributed by atoms with Crippen LogP contribution >= 0.6 is 34.8 Å². The SMILES string of the molecule is N#CCc1cnc(F)c(-c2c(Cl)cc(Cl)cc2Cl)c1. The van der Waals surface area contributed by atoms with Crippen molar-refractivity contribution >= 4 is 34.8 Å². The van der Waals surface area contributed by atoms with Crippen LogP contribution in [0, 0.1) is 17.3 Å². The minimum Gasteiger partial charge on any atom is -0.227 e. The maximum atomic E-state index is 13.8. The van der Waals surface area contributed by atoms with Crippen LogP contribution in [-0.4, -0.2) is 4.98 Å². The molecule has 0 N–H and O–H groups in total. The first-order valence-electron chi connectivity index (χ1n) is 5.19. The first kappa shape index (κ1) is 14.1. The molecule has 0 unspecified atom stereocenters. The van der Waals surface area contributed by atoms with Crippen molar-refractivity contribution in [2.75, 3.05) is 0 Å². The number of hydrogen-bond acceptors (Lipinski definition) is 2. The normalized spacial score (nSPS) is 10.3. The highest BCUT2D eigenvalue weighted by Gasteiger charge is 2.15. The highest BCUT2D eigenvalue weighted by Crippen LogP contribution is 2.38. The van der Waals surface area contributed by atoms with Crippen molar-refractivity contribution in [1.29, 1.82) is 5.26 Å². The zero-order valence-electron chi connectivity index (χ0n) is 9.42. The van der Waals surface area contributed by atoms with Gasteiger partial charge in [-0.05, 0) is 23.8 Å². The topological polar surface area (TPSA) is 36.7 Å². The summed E-state index contributed by atoms with van der Waals surface area (Å²) in [7, 11) is 0. The van der Waals surface area contributed by atoms with Crippen LogP contribution in [-0.2, 0) is 6.42 Å². The summed E-state index contributed by atoms with van der Waals surface area (Å²) in [4.78, 5) is 3.61. The van der Waals surface area contributed by atoms with E-state index in [1.807, 2.05) is 6.07 Å². The lowest BCUT2D eigenvalue weighted by atomic mass is 10.0. The molecular weight excluding hydrogens is 310 g/mol. The third kappa shape index (κ3) is 2.98. The van der Waals surface area contributed by atoms with E-state index >= 15 is 0 Å². The number of nitriles is 1. The van der Waals surface area contributed by atoms with Crippen molar-refractivity contribution in [3.63, 3.8) is 0 Å². The van der Waals surface area contributed by atoms with Crippen LogP contribution in [0.15, 0.2) is 24.4 Å². The minimum atomic E-state index is -0.701. The van der Waals surface area contributed by atoms with Crippen molar-refractivity contribution in [2.45, 2.75) is 6.42 Å². The molecule has 0 saturated carbocycles. The van der Waals surface area contributed by atoms with Crippen LogP contribution in [0.3, 0.4) is 0 Å². The molecule has 0 atom stereocenters. The van der Waals surface area contributed by atoms with Gasteiger partial charge in [0, 0.05) is 22.3 Å². The van der Waals surface area contributed by atoms with E-state index in [0.717, 1.165) is 0 Å². The Bertz CT molecular complexity index is 657. The molecule has 1 heterocycles. The highest BCUT2D eigenvalue weighted by atomic mass is 35.5. The molecule has 0 saturated heterocycles. The number of aromatic nitrogens is 1. The summed E-state index contributed by atoms with van der Waals surface area (Å²) in [6.07, 6.45) is 1.43. The first-order valence-corrected chi connectivity index (χ1v) is 6.32. The lowest BCUT2D eigenvalue weighted by Crippen LogP contribution is -1.94. The molecule has 96 valence electrons. The molecule has 0 aliphatic heterocycles. The predicted octanol–water partition coefficient (Wildman–Crippen LogP) is 4.91. The fourth-order valence-corrected chi connectivity index (χ4v) is 2.67. The molecule has 2 rings (SSSR count). The molecular formula is C13H6Cl3FN2. The Morgan fingerprint density at radius 3 is 2.37 bits per heavy atom. The van der Waals surface area contributed by atoms with Crippen LogP contribution < -0.4 is 0 Å². The highest BCUT2D eigenvalue weighted by molar-refractivity contribution is 6.41. The molecule has 0 aliphatic carbocycles. The van der Waals surface area contributed by atoms with Crippen LogP contribution in [0.1, 0.15) is 5.56 Å². The van der Waals surface area contributed by atoms with E-state index in [-0.39, 0.29) is 22.0 Å². The number of hydrogen-bond donors (Lipinski definition) is 0. The minimum absolute atomic E-state index is 0.128. The fraction of sp³-hybridized carbons (Fsp3) is 0.0769. The van der Waals surface area contributed by atoms with Crippen molar-refractivity contribution in [3.05, 3.63) is 51.0 Å². The molecule has 1 aromatic heterocycles. The maximum absolute atomic E-state index is 13.8. The second kappa shape index (κ2) is 5.75. The largest absolute Gasteiger partial charge is 0.227 e. The molecule has 0 bridgehead atoms. The summed E-state index contributed by atoms with van der Waals surface area (Å²) in [5.41, 5.74) is 1.05. The van der Waals surface area contributed by atoms with Crippen molar-refractivity contribution in [1.82, 2.24) is 4.98 Å². The molecule has 2 aromatic rings. The molecule has 1 aromatic carbocycles. The van der Waals surface area contributed by atoms with Crippen molar-refractivity contribution in [2.24, 2.45) is 0 Å². The number of pyridine rings is 1. The molecule has 19 heavy (non-hydrogen) atoms. The maximum Gasteiger partial charge on any atom is 0.220 e. The number of halogens is 4. The molecule has 0 fully saturated rings. The Morgan fingerprint density at radius 2 is 1.79 bits per heavy atom. The second-order valence-electron chi connectivity index (χ2n) is 3.76. The first-order chi connectivity index (χ1) is 9.02. The Kier molecular flexibility index (Phi) is 4.26. The summed E-state index contributed by atoms with van der Waals surface area (Å²) in [5, 5.41) is 9.47. The molecule has 0 radical (unpaired) electrons. The fourth-order valence-electron chi connectivity index (χ4n) is 1.65. The third-order valence-electron chi connectivity index (χ3n) is 2.46. The van der Waals surface area contributed by atoms with Gasteiger partial charge in [0.25, 0.3) is 0 Å². The van der Waals surface area contributed by atoms with Crippen LogP contribution in [0.5, 0.6) is 0 Å². The van der Waals surface area contributed by atoms with Crippen LogP contribution in [0.2, 0.25) is 15.1 Å². The molecule has 6 heteroatoms. The third-order valence-corrected chi connectivity index (χ3v) is 3.27. The predicted molar refractivity (Wildman–Crippen MR) is 74.0 cm³/mol. The van der Waals surface area contributed by atoms with Gasteiger partial charge in [-0.1, -0.05) is 34.8 Å². The van der Waals surface area contributed by atoms with Gasteiger partial charge in [-0.2, -0.15) is 9.65 Å². The van der Waals surface area contributed by atoms with E-state index in [1.165, 1.54) is 24.4 Å². The number of benzene rings is 1. The van der Waals surface area contributed by atoms with Gasteiger partial charge in [-0.25, -0.2) is 4.98 Å². The molecule has 0 spiro atoms. The van der Waals surface area contributed by atoms with Crippen molar-refractivity contribution in [3.8, 4) is 17.2 Å². The van der Waals surface area contributed by atoms with Gasteiger partial charge in [-0.15, -0.1) is 0 Å². The van der Waals surface area contributed by atoms with Gasteiger partial charge < -0.3 is 0 Å². The van der Waals surface area contributed by atoms with Gasteiger partial charge in [0.1, 0.15) is 0 Å². The Morgan fingerprint density at radius 1 is 1.16 bits per heavy atom. The zero-order chi connectivity index (χ0) is 14.0. The molecule has 0 aliphatic rings. The lowest BCUT2D eigenvalue weighted by Gasteiger charge is -2.09. The lowest BCUT2D eigenvalue weighted by molar-refractivity contribution is 0.586. The van der Waals surface area contributed by atoms with Crippen LogP contribution in [0.25, 0.3) is 11.1 Å². The van der Waals surface area contributed by atoms with Gasteiger partial charge in [0.15, 0.2) is 0 Å². The van der Waals surface area contributed by atoms with E-state index in [2.05, 4.69) is 4.98 Å². The summed E-state index contributed by atoms with van der Waals surface area (Å²) >= 11 is 17.9. The summed E-state index contributed by atoms with van der Waals surface area (Å²) < 4.78 is 13.8. The zero-order valence-corrected chi connectivity index (χ0v) is 11.7. The molecule has 0 amide bonds. The smallest absolute Gasteiger partial charge is 0.220 e. The van der Waals surface area contributed by atoms with Crippen LogP contribution in [0.4, 0.5) is 4.39 Å². The Labute approximate surface area is 124 Å². The monoisotopic (exact) mass is 314 g/mol. The van der Waals surface area contributed by atoms with Crippen molar-refractivity contribution < 1.29 is 4.39 Å². The summed E-state index contributed by atoms with van der Waals surface area (Å²) in [6.45, 7) is 0. The van der Waals surface area contributed by atoms with Gasteiger partial charge in [0.2, 0.25) is 5.95 Å². The van der Waals surface area contributed by atoms with E-state index in [0.29, 0.717) is 16.1 Å². The average Bonchev–Trinajstić information content (AvgIpc) is 2.32. The van der Waals surface area contributed by atoms with E-state index in [9.17, 15) is 4.39 Å². The summed E-state index contributed by atoms with van der Waals surface area (Å²) in [5.74, 6) is -0.701. The quantitative estimate of drug-likeness (QED) is 0.738. The Balaban J connectivity index is 2.65. The summed E-state index contributed by atoms with van der Waals surface area (Å²) in [6, 6.07) is 6.42. The van der Waals surface area contributed by atoms with E-state index < -0.39 is 5.95 Å². The molecule has 2 nitrogen and oxygen atoms in total. The Hall–Kier alpha value is -1.34. The van der Waals surface area contributed by atoms with E-state index in [4.69, 9.17) is 40.1 Å². The average molecular weight is 316 g/mol. The standard InChI is InChI=1S/C13H6Cl3FN2/c14-8-4-10(15)12(11(16)5-8)9-3-7(1-2-18)6-19-13(9)17/h3-6H,1H2.